The first-order chi connectivity index (χ1) is 14.9. The number of anilines is 1. The van der Waals surface area contributed by atoms with Crippen LogP contribution < -0.4 is 10.1 Å². The maximum atomic E-state index is 12.9. The first-order valence-corrected chi connectivity index (χ1v) is 11.6. The van der Waals surface area contributed by atoms with Crippen LogP contribution in [0.2, 0.25) is 0 Å². The number of nitrogens with zero attached hydrogens (tertiary/aromatic N) is 1. The molecule has 0 atom stereocenters. The van der Waals surface area contributed by atoms with Crippen LogP contribution in [0.4, 0.5) is 5.69 Å². The lowest BCUT2D eigenvalue weighted by molar-refractivity contribution is -0.119. The molecule has 1 fully saturated rings. The summed E-state index contributed by atoms with van der Waals surface area (Å²) in [6.07, 6.45) is 3.67. The van der Waals surface area contributed by atoms with E-state index in [2.05, 4.69) is 5.32 Å². The van der Waals surface area contributed by atoms with E-state index < -0.39 is 28.5 Å². The Labute approximate surface area is 182 Å². The number of esters is 1. The fourth-order valence-electron chi connectivity index (χ4n) is 3.33. The van der Waals surface area contributed by atoms with Crippen LogP contribution in [-0.2, 0) is 19.6 Å². The molecule has 1 N–H and O–H groups in total. The van der Waals surface area contributed by atoms with Crippen LogP contribution in [0.25, 0.3) is 0 Å². The average molecular weight is 447 g/mol. The monoisotopic (exact) mass is 446 g/mol. The molecule has 0 bridgehead atoms. The van der Waals surface area contributed by atoms with Crippen molar-refractivity contribution in [2.45, 2.75) is 30.6 Å². The van der Waals surface area contributed by atoms with Crippen molar-refractivity contribution < 1.29 is 27.5 Å². The van der Waals surface area contributed by atoms with Gasteiger partial charge in [0.2, 0.25) is 10.0 Å². The average Bonchev–Trinajstić information content (AvgIpc) is 3.08. The summed E-state index contributed by atoms with van der Waals surface area (Å²) in [5, 5.41) is 2.61. The van der Waals surface area contributed by atoms with Crippen molar-refractivity contribution >= 4 is 27.6 Å². The van der Waals surface area contributed by atoms with Gasteiger partial charge in [-0.25, -0.2) is 13.2 Å². The number of amides is 1. The summed E-state index contributed by atoms with van der Waals surface area (Å²) in [4.78, 5) is 24.5. The molecule has 1 amide bonds. The van der Waals surface area contributed by atoms with Crippen molar-refractivity contribution in [1.82, 2.24) is 4.31 Å². The van der Waals surface area contributed by atoms with E-state index in [4.69, 9.17) is 9.47 Å². The van der Waals surface area contributed by atoms with Gasteiger partial charge >= 0.3 is 5.97 Å². The van der Waals surface area contributed by atoms with Crippen molar-refractivity contribution in [3.63, 3.8) is 0 Å². The summed E-state index contributed by atoms with van der Waals surface area (Å²) in [6, 6.07) is 12.5. The third-order valence-electron chi connectivity index (χ3n) is 4.96. The van der Waals surface area contributed by atoms with Crippen LogP contribution in [0.5, 0.6) is 5.75 Å². The van der Waals surface area contributed by atoms with E-state index in [0.29, 0.717) is 24.5 Å². The molecule has 166 valence electrons. The Bertz CT molecular complexity index is 1030. The lowest BCUT2D eigenvalue weighted by Crippen LogP contribution is -2.32. The van der Waals surface area contributed by atoms with Gasteiger partial charge < -0.3 is 14.8 Å². The van der Waals surface area contributed by atoms with Crippen molar-refractivity contribution in [2.75, 3.05) is 32.1 Å². The SMILES string of the molecule is COc1cccc(NC(=O)COC(=O)c2cccc(S(=O)(=O)N3CCCCCC3)c2)c1. The standard InChI is InChI=1S/C22H26N2O6S/c1-29-19-10-7-9-18(15-19)23-21(25)16-30-22(26)17-8-6-11-20(14-17)31(27,28)24-12-4-2-3-5-13-24/h6-11,14-15H,2-5,12-13,16H2,1H3,(H,23,25). The van der Waals surface area contributed by atoms with Crippen LogP contribution >= 0.6 is 0 Å². The topological polar surface area (TPSA) is 102 Å². The maximum Gasteiger partial charge on any atom is 0.338 e. The Hall–Kier alpha value is -2.91. The molecule has 3 rings (SSSR count). The Balaban J connectivity index is 1.62. The van der Waals surface area contributed by atoms with Crippen molar-refractivity contribution in [3.05, 3.63) is 54.1 Å². The van der Waals surface area contributed by atoms with E-state index >= 15 is 0 Å². The number of carbonyl (C=O) groups is 2. The number of hydrogen-bond acceptors (Lipinski definition) is 6. The quantitative estimate of drug-likeness (QED) is 0.656. The third-order valence-corrected chi connectivity index (χ3v) is 6.86. The van der Waals surface area contributed by atoms with Crippen molar-refractivity contribution in [2.24, 2.45) is 0 Å². The van der Waals surface area contributed by atoms with Crippen molar-refractivity contribution in [1.29, 1.82) is 0 Å². The fraction of sp³-hybridized carbons (Fsp3) is 0.364. The molecule has 1 heterocycles. The largest absolute Gasteiger partial charge is 0.497 e. The molecule has 0 spiro atoms. The molecule has 9 heteroatoms. The van der Waals surface area contributed by atoms with Crippen LogP contribution in [0, 0.1) is 0 Å². The lowest BCUT2D eigenvalue weighted by atomic mass is 10.2. The van der Waals surface area contributed by atoms with Gasteiger partial charge in [0.15, 0.2) is 6.61 Å². The van der Waals surface area contributed by atoms with E-state index in [1.54, 1.807) is 24.3 Å². The highest BCUT2D eigenvalue weighted by Crippen LogP contribution is 2.21. The minimum absolute atomic E-state index is 0.0460. The van der Waals surface area contributed by atoms with Gasteiger partial charge in [-0.1, -0.05) is 25.0 Å². The van der Waals surface area contributed by atoms with Crippen LogP contribution in [0.15, 0.2) is 53.4 Å². The summed E-state index contributed by atoms with van der Waals surface area (Å²) in [5.74, 6) is -0.708. The predicted octanol–water partition coefficient (Wildman–Crippen LogP) is 3.06. The van der Waals surface area contributed by atoms with E-state index in [1.807, 2.05) is 0 Å². The molecule has 0 aromatic heterocycles. The normalized spacial score (nSPS) is 15.0. The second-order valence-corrected chi connectivity index (χ2v) is 9.14. The lowest BCUT2D eigenvalue weighted by Gasteiger charge is -2.20. The van der Waals surface area contributed by atoms with E-state index in [9.17, 15) is 18.0 Å². The summed E-state index contributed by atoms with van der Waals surface area (Å²) in [7, 11) is -2.17. The van der Waals surface area contributed by atoms with E-state index in [0.717, 1.165) is 25.7 Å². The fourth-order valence-corrected chi connectivity index (χ4v) is 4.89. The van der Waals surface area contributed by atoms with E-state index in [1.165, 1.54) is 35.7 Å². The zero-order valence-corrected chi connectivity index (χ0v) is 18.2. The zero-order valence-electron chi connectivity index (χ0n) is 17.4. The number of rotatable bonds is 7. The van der Waals surface area contributed by atoms with Gasteiger partial charge in [0.1, 0.15) is 5.75 Å². The highest BCUT2D eigenvalue weighted by atomic mass is 32.2. The number of nitrogens with one attached hydrogen (secondary N) is 1. The minimum atomic E-state index is -3.69. The predicted molar refractivity (Wildman–Crippen MR) is 116 cm³/mol. The molecule has 2 aromatic rings. The summed E-state index contributed by atoms with van der Waals surface area (Å²) < 4.78 is 37.5. The summed E-state index contributed by atoms with van der Waals surface area (Å²) in [5.41, 5.74) is 0.580. The van der Waals surface area contributed by atoms with Crippen LogP contribution in [0.1, 0.15) is 36.0 Å². The Kier molecular flexibility index (Phi) is 7.64. The second kappa shape index (κ2) is 10.4. The first kappa shape index (κ1) is 22.8. The number of ether oxygens (including phenoxy) is 2. The second-order valence-electron chi connectivity index (χ2n) is 7.20. The molecule has 0 aliphatic carbocycles. The molecular formula is C22H26N2O6S. The van der Waals surface area contributed by atoms with Gasteiger partial charge in [-0.15, -0.1) is 0 Å². The number of sulfonamides is 1. The summed E-state index contributed by atoms with van der Waals surface area (Å²) >= 11 is 0. The molecule has 0 saturated carbocycles. The highest BCUT2D eigenvalue weighted by molar-refractivity contribution is 7.89. The van der Waals surface area contributed by atoms with Gasteiger partial charge in [-0.3, -0.25) is 4.79 Å². The van der Waals surface area contributed by atoms with Gasteiger partial charge in [0.05, 0.1) is 17.6 Å². The maximum absolute atomic E-state index is 12.9. The van der Waals surface area contributed by atoms with Crippen LogP contribution in [0.3, 0.4) is 0 Å². The minimum Gasteiger partial charge on any atom is -0.497 e. The Morgan fingerprint density at radius 2 is 1.71 bits per heavy atom. The molecule has 8 nitrogen and oxygen atoms in total. The molecular weight excluding hydrogens is 420 g/mol. The van der Waals surface area contributed by atoms with Gasteiger partial charge in [-0.2, -0.15) is 4.31 Å². The van der Waals surface area contributed by atoms with Gasteiger partial charge in [0.25, 0.3) is 5.91 Å². The smallest absolute Gasteiger partial charge is 0.338 e. The zero-order chi connectivity index (χ0) is 22.3. The number of hydrogen-bond donors (Lipinski definition) is 1. The molecule has 0 radical (unpaired) electrons. The van der Waals surface area contributed by atoms with Gasteiger partial charge in [0, 0.05) is 24.8 Å². The number of methoxy groups -OCH3 is 1. The Morgan fingerprint density at radius 1 is 1.00 bits per heavy atom. The van der Waals surface area contributed by atoms with E-state index in [-0.39, 0.29) is 10.5 Å². The highest BCUT2D eigenvalue weighted by Gasteiger charge is 2.26. The number of benzene rings is 2. The van der Waals surface area contributed by atoms with Crippen molar-refractivity contribution in [3.8, 4) is 5.75 Å². The summed E-state index contributed by atoms with van der Waals surface area (Å²) in [6.45, 7) is 0.446. The van der Waals surface area contributed by atoms with Gasteiger partial charge in [-0.05, 0) is 43.2 Å². The Morgan fingerprint density at radius 3 is 2.42 bits per heavy atom. The molecule has 2 aromatic carbocycles. The molecule has 1 saturated heterocycles. The first-order valence-electron chi connectivity index (χ1n) is 10.1. The molecule has 31 heavy (non-hydrogen) atoms. The number of carbonyl (C=O) groups excluding carboxylic acids is 2. The van der Waals surface area contributed by atoms with Crippen LogP contribution in [-0.4, -0.2) is 51.4 Å². The molecule has 1 aliphatic rings. The molecule has 1 aliphatic heterocycles. The third kappa shape index (κ3) is 6.05. The molecule has 0 unspecified atom stereocenters.